The molecule has 1 aromatic carbocycles. The summed E-state index contributed by atoms with van der Waals surface area (Å²) >= 11 is 8.87. The van der Waals surface area contributed by atoms with Crippen LogP contribution in [0.2, 0.25) is 5.02 Å². The zero-order valence-electron chi connectivity index (χ0n) is 7.92. The molecular formula is C11H6BrClFNO. The minimum Gasteiger partial charge on any atom is -0.506 e. The van der Waals surface area contributed by atoms with E-state index in [-0.39, 0.29) is 22.0 Å². The largest absolute Gasteiger partial charge is 0.506 e. The van der Waals surface area contributed by atoms with Gasteiger partial charge in [0.2, 0.25) is 0 Å². The van der Waals surface area contributed by atoms with Crippen molar-refractivity contribution in [1.82, 2.24) is 4.98 Å². The number of rotatable bonds is 1. The van der Waals surface area contributed by atoms with Crippen LogP contribution in [-0.4, -0.2) is 10.1 Å². The third-order valence-electron chi connectivity index (χ3n) is 2.08. The van der Waals surface area contributed by atoms with Crippen molar-refractivity contribution in [2.45, 2.75) is 0 Å². The lowest BCUT2D eigenvalue weighted by molar-refractivity contribution is 0.474. The minimum atomic E-state index is -0.606. The van der Waals surface area contributed by atoms with E-state index in [2.05, 4.69) is 20.9 Å². The number of hydrogen-bond donors (Lipinski definition) is 1. The molecule has 0 unspecified atom stereocenters. The van der Waals surface area contributed by atoms with E-state index < -0.39 is 5.82 Å². The van der Waals surface area contributed by atoms with E-state index in [1.807, 2.05) is 0 Å². The highest BCUT2D eigenvalue weighted by Crippen LogP contribution is 2.35. The van der Waals surface area contributed by atoms with E-state index >= 15 is 0 Å². The fourth-order valence-corrected chi connectivity index (χ4v) is 1.78. The summed E-state index contributed by atoms with van der Waals surface area (Å²) in [7, 11) is 0. The summed E-state index contributed by atoms with van der Waals surface area (Å²) in [5.41, 5.74) is 0.348. The molecule has 1 N–H and O–H groups in total. The number of hydrogen-bond acceptors (Lipinski definition) is 2. The summed E-state index contributed by atoms with van der Waals surface area (Å²) in [6, 6.07) is 6.12. The third-order valence-corrected chi connectivity index (χ3v) is 3.34. The van der Waals surface area contributed by atoms with Crippen molar-refractivity contribution in [2.24, 2.45) is 0 Å². The van der Waals surface area contributed by atoms with Gasteiger partial charge in [-0.3, -0.25) is 4.98 Å². The van der Waals surface area contributed by atoms with Gasteiger partial charge in [0.05, 0.1) is 5.02 Å². The predicted octanol–water partition coefficient (Wildman–Crippen LogP) is 4.01. The molecule has 0 amide bonds. The van der Waals surface area contributed by atoms with Crippen molar-refractivity contribution >= 4 is 27.5 Å². The molecule has 2 rings (SSSR count). The van der Waals surface area contributed by atoms with E-state index in [1.54, 1.807) is 12.1 Å². The predicted molar refractivity (Wildman–Crippen MR) is 64.0 cm³/mol. The molecule has 0 bridgehead atoms. The second-order valence-corrected chi connectivity index (χ2v) is 4.33. The maximum Gasteiger partial charge on any atom is 0.152 e. The van der Waals surface area contributed by atoms with Gasteiger partial charge in [-0.25, -0.2) is 4.39 Å². The van der Waals surface area contributed by atoms with Crippen LogP contribution in [0.3, 0.4) is 0 Å². The Hall–Kier alpha value is -1.13. The molecule has 82 valence electrons. The van der Waals surface area contributed by atoms with Crippen molar-refractivity contribution in [1.29, 1.82) is 0 Å². The van der Waals surface area contributed by atoms with E-state index in [4.69, 9.17) is 11.6 Å². The van der Waals surface area contributed by atoms with Gasteiger partial charge in [-0.2, -0.15) is 0 Å². The van der Waals surface area contributed by atoms with Crippen LogP contribution >= 0.6 is 27.5 Å². The Labute approximate surface area is 105 Å². The lowest BCUT2D eigenvalue weighted by Crippen LogP contribution is -1.90. The quantitative estimate of drug-likeness (QED) is 0.807. The van der Waals surface area contributed by atoms with Crippen LogP contribution in [0.5, 0.6) is 5.75 Å². The third kappa shape index (κ3) is 1.90. The van der Waals surface area contributed by atoms with Crippen LogP contribution in [0.15, 0.2) is 34.9 Å². The summed E-state index contributed by atoms with van der Waals surface area (Å²) in [6.45, 7) is 0. The standard InChI is InChI=1S/C11H6BrClFNO/c12-7-4-3-6(10(14)9(7)13)11-8(16)2-1-5-15-11/h1-5,16H. The van der Waals surface area contributed by atoms with Crippen LogP contribution < -0.4 is 0 Å². The van der Waals surface area contributed by atoms with Gasteiger partial charge in [0, 0.05) is 16.2 Å². The number of aromatic hydroxyl groups is 1. The molecule has 0 atom stereocenters. The Balaban J connectivity index is 2.66. The van der Waals surface area contributed by atoms with Crippen molar-refractivity contribution in [3.63, 3.8) is 0 Å². The molecule has 1 aromatic heterocycles. The molecule has 1 heterocycles. The van der Waals surface area contributed by atoms with Crippen molar-refractivity contribution in [3.05, 3.63) is 45.8 Å². The monoisotopic (exact) mass is 301 g/mol. The van der Waals surface area contributed by atoms with Gasteiger partial charge in [-0.15, -0.1) is 0 Å². The molecule has 0 fully saturated rings. The second-order valence-electron chi connectivity index (χ2n) is 3.09. The Morgan fingerprint density at radius 1 is 1.31 bits per heavy atom. The first kappa shape index (κ1) is 11.4. The lowest BCUT2D eigenvalue weighted by Gasteiger charge is -2.06. The van der Waals surface area contributed by atoms with Crippen LogP contribution in [0, 0.1) is 5.82 Å². The highest BCUT2D eigenvalue weighted by molar-refractivity contribution is 9.10. The van der Waals surface area contributed by atoms with E-state index in [9.17, 15) is 9.50 Å². The summed E-state index contributed by atoms with van der Waals surface area (Å²) in [6.07, 6.45) is 1.48. The number of aromatic nitrogens is 1. The van der Waals surface area contributed by atoms with Gasteiger partial charge < -0.3 is 5.11 Å². The molecule has 5 heteroatoms. The Bertz CT molecular complexity index is 548. The second kappa shape index (κ2) is 4.39. The average molecular weight is 303 g/mol. The lowest BCUT2D eigenvalue weighted by atomic mass is 10.1. The van der Waals surface area contributed by atoms with Crippen molar-refractivity contribution in [3.8, 4) is 17.0 Å². The van der Waals surface area contributed by atoms with Crippen LogP contribution in [0.25, 0.3) is 11.3 Å². The van der Waals surface area contributed by atoms with Crippen molar-refractivity contribution in [2.75, 3.05) is 0 Å². The normalized spacial score (nSPS) is 10.4. The van der Waals surface area contributed by atoms with E-state index in [0.29, 0.717) is 4.47 Å². The number of benzene rings is 1. The molecule has 0 saturated carbocycles. The summed E-state index contributed by atoms with van der Waals surface area (Å²) in [4.78, 5) is 3.92. The number of pyridine rings is 1. The van der Waals surface area contributed by atoms with Gasteiger partial charge in [-0.05, 0) is 40.2 Å². The topological polar surface area (TPSA) is 33.1 Å². The molecule has 0 saturated heterocycles. The molecule has 0 aliphatic rings. The van der Waals surface area contributed by atoms with Gasteiger partial charge in [0.15, 0.2) is 5.82 Å². The van der Waals surface area contributed by atoms with Gasteiger partial charge in [0.25, 0.3) is 0 Å². The summed E-state index contributed by atoms with van der Waals surface area (Å²) < 4.78 is 14.3. The molecule has 0 aliphatic heterocycles. The van der Waals surface area contributed by atoms with E-state index in [1.165, 1.54) is 18.3 Å². The number of halogens is 3. The summed E-state index contributed by atoms with van der Waals surface area (Å²) in [5, 5.41) is 9.54. The van der Waals surface area contributed by atoms with Gasteiger partial charge >= 0.3 is 0 Å². The fourth-order valence-electron chi connectivity index (χ4n) is 1.31. The van der Waals surface area contributed by atoms with Crippen LogP contribution in [0.1, 0.15) is 0 Å². The molecule has 0 aliphatic carbocycles. The van der Waals surface area contributed by atoms with E-state index in [0.717, 1.165) is 0 Å². The average Bonchev–Trinajstić information content (AvgIpc) is 2.28. The Morgan fingerprint density at radius 2 is 2.06 bits per heavy atom. The molecule has 2 nitrogen and oxygen atoms in total. The highest BCUT2D eigenvalue weighted by Gasteiger charge is 2.15. The van der Waals surface area contributed by atoms with Gasteiger partial charge in [0.1, 0.15) is 11.4 Å². The zero-order valence-corrected chi connectivity index (χ0v) is 10.3. The molecular weight excluding hydrogens is 296 g/mol. The SMILES string of the molecule is Oc1cccnc1-c1ccc(Br)c(Cl)c1F. The van der Waals surface area contributed by atoms with Crippen molar-refractivity contribution < 1.29 is 9.50 Å². The van der Waals surface area contributed by atoms with Gasteiger partial charge in [-0.1, -0.05) is 11.6 Å². The van der Waals surface area contributed by atoms with Crippen LogP contribution in [0.4, 0.5) is 4.39 Å². The Morgan fingerprint density at radius 3 is 2.75 bits per heavy atom. The highest BCUT2D eigenvalue weighted by atomic mass is 79.9. The Kier molecular flexibility index (Phi) is 3.12. The maximum absolute atomic E-state index is 13.8. The maximum atomic E-state index is 13.8. The molecule has 16 heavy (non-hydrogen) atoms. The zero-order chi connectivity index (χ0) is 11.7. The molecule has 0 radical (unpaired) electrons. The van der Waals surface area contributed by atoms with Crippen LogP contribution in [-0.2, 0) is 0 Å². The molecule has 0 spiro atoms. The first-order chi connectivity index (χ1) is 7.61. The fraction of sp³-hybridized carbons (Fsp3) is 0. The minimum absolute atomic E-state index is 0.0254. The smallest absolute Gasteiger partial charge is 0.152 e. The first-order valence-electron chi connectivity index (χ1n) is 4.39. The first-order valence-corrected chi connectivity index (χ1v) is 5.56. The summed E-state index contributed by atoms with van der Waals surface area (Å²) in [5.74, 6) is -0.690. The number of nitrogens with zero attached hydrogens (tertiary/aromatic N) is 1. The molecule has 2 aromatic rings.